The van der Waals surface area contributed by atoms with E-state index < -0.39 is 0 Å². The van der Waals surface area contributed by atoms with Gasteiger partial charge in [0.2, 0.25) is 0 Å². The number of morpholine rings is 1. The summed E-state index contributed by atoms with van der Waals surface area (Å²) < 4.78 is 5.27. The Morgan fingerprint density at radius 1 is 1.16 bits per heavy atom. The van der Waals surface area contributed by atoms with Gasteiger partial charge in [-0.2, -0.15) is 0 Å². The van der Waals surface area contributed by atoms with Crippen LogP contribution in [0, 0.1) is 0 Å². The van der Waals surface area contributed by atoms with Crippen molar-refractivity contribution in [2.24, 2.45) is 0 Å². The molecule has 0 unspecified atom stereocenters. The van der Waals surface area contributed by atoms with Crippen LogP contribution >= 0.6 is 11.3 Å². The number of carbonyl (C=O) groups excluding carboxylic acids is 2. The Bertz CT molecular complexity index is 733. The topological polar surface area (TPSA) is 58.6 Å². The van der Waals surface area contributed by atoms with Crippen LogP contribution in [0.25, 0.3) is 0 Å². The van der Waals surface area contributed by atoms with Crippen molar-refractivity contribution in [1.29, 1.82) is 0 Å². The van der Waals surface area contributed by atoms with Gasteiger partial charge in [-0.1, -0.05) is 13.3 Å². The van der Waals surface area contributed by atoms with Gasteiger partial charge in [-0.05, 0) is 36.8 Å². The first-order valence-corrected chi connectivity index (χ1v) is 9.41. The van der Waals surface area contributed by atoms with E-state index in [2.05, 4.69) is 12.2 Å². The number of amides is 2. The molecule has 0 radical (unpaired) electrons. The molecule has 6 heteroatoms. The number of nitrogens with zero attached hydrogens (tertiary/aromatic N) is 1. The molecule has 1 N–H and O–H groups in total. The van der Waals surface area contributed by atoms with Crippen LogP contribution in [0.2, 0.25) is 0 Å². The Morgan fingerprint density at radius 2 is 1.88 bits per heavy atom. The third-order valence-corrected chi connectivity index (χ3v) is 5.10. The van der Waals surface area contributed by atoms with Crippen molar-refractivity contribution in [2.75, 3.05) is 31.6 Å². The highest BCUT2D eigenvalue weighted by atomic mass is 32.1. The van der Waals surface area contributed by atoms with E-state index >= 15 is 0 Å². The summed E-state index contributed by atoms with van der Waals surface area (Å²) in [5.41, 5.74) is 1.99. The third-order valence-electron chi connectivity index (χ3n) is 4.10. The third kappa shape index (κ3) is 4.46. The molecule has 2 heterocycles. The van der Waals surface area contributed by atoms with Crippen LogP contribution in [0.15, 0.2) is 35.7 Å². The van der Waals surface area contributed by atoms with E-state index in [-0.39, 0.29) is 11.8 Å². The first kappa shape index (κ1) is 17.6. The molecule has 1 aromatic heterocycles. The zero-order valence-corrected chi connectivity index (χ0v) is 15.1. The minimum atomic E-state index is -0.120. The van der Waals surface area contributed by atoms with E-state index in [0.717, 1.165) is 12.8 Å². The van der Waals surface area contributed by atoms with Crippen molar-refractivity contribution in [3.8, 4) is 0 Å². The number of nitrogens with one attached hydrogen (secondary N) is 1. The fourth-order valence-electron chi connectivity index (χ4n) is 2.73. The summed E-state index contributed by atoms with van der Waals surface area (Å²) in [5.74, 6) is -0.117. The average Bonchev–Trinajstić information content (AvgIpc) is 3.12. The Balaban J connectivity index is 1.61. The molecular formula is C19H22N2O3S. The highest BCUT2D eigenvalue weighted by molar-refractivity contribution is 7.10. The summed E-state index contributed by atoms with van der Waals surface area (Å²) in [5, 5.41) is 4.77. The Hall–Kier alpha value is -2.18. The van der Waals surface area contributed by atoms with Crippen molar-refractivity contribution in [2.45, 2.75) is 19.8 Å². The fraction of sp³-hybridized carbons (Fsp3) is 0.368. The highest BCUT2D eigenvalue weighted by Crippen LogP contribution is 2.19. The normalized spacial score (nSPS) is 14.4. The average molecular weight is 358 g/mol. The van der Waals surface area contributed by atoms with Crippen molar-refractivity contribution in [1.82, 2.24) is 4.90 Å². The number of aryl methyl sites for hydroxylation is 1. The van der Waals surface area contributed by atoms with Gasteiger partial charge in [0, 0.05) is 34.6 Å². The number of thiophene rings is 1. The van der Waals surface area contributed by atoms with E-state index in [1.54, 1.807) is 40.5 Å². The molecule has 132 valence electrons. The van der Waals surface area contributed by atoms with Crippen LogP contribution in [0.5, 0.6) is 0 Å². The van der Waals surface area contributed by atoms with E-state index in [0.29, 0.717) is 43.1 Å². The lowest BCUT2D eigenvalue weighted by atomic mass is 10.1. The highest BCUT2D eigenvalue weighted by Gasteiger charge is 2.18. The quantitative estimate of drug-likeness (QED) is 0.891. The van der Waals surface area contributed by atoms with Crippen LogP contribution in [-0.2, 0) is 11.2 Å². The smallest absolute Gasteiger partial charge is 0.256 e. The molecule has 2 aromatic rings. The standard InChI is InChI=1S/C19H22N2O3S/c1-2-3-17-12-15(13-25-17)18(22)20-16-6-4-14(5-7-16)19(23)21-8-10-24-11-9-21/h4-7,12-13H,2-3,8-11H2,1H3,(H,20,22). The van der Waals surface area contributed by atoms with Crippen molar-refractivity contribution < 1.29 is 14.3 Å². The number of ether oxygens (including phenoxy) is 1. The fourth-order valence-corrected chi connectivity index (χ4v) is 3.70. The SMILES string of the molecule is CCCc1cc(C(=O)Nc2ccc(C(=O)N3CCOCC3)cc2)cs1. The van der Waals surface area contributed by atoms with Gasteiger partial charge < -0.3 is 15.0 Å². The first-order valence-electron chi connectivity index (χ1n) is 8.53. The maximum absolute atomic E-state index is 12.4. The van der Waals surface area contributed by atoms with Gasteiger partial charge in [-0.25, -0.2) is 0 Å². The van der Waals surface area contributed by atoms with Crippen molar-refractivity contribution >= 4 is 28.8 Å². The Morgan fingerprint density at radius 3 is 2.56 bits per heavy atom. The minimum Gasteiger partial charge on any atom is -0.378 e. The van der Waals surface area contributed by atoms with Crippen molar-refractivity contribution in [3.05, 3.63) is 51.7 Å². The molecule has 2 amide bonds. The summed E-state index contributed by atoms with van der Waals surface area (Å²) in [6, 6.07) is 8.99. The van der Waals surface area contributed by atoms with E-state index in [1.807, 2.05) is 11.4 Å². The molecule has 1 saturated heterocycles. The molecule has 0 saturated carbocycles. The predicted octanol–water partition coefficient (Wildman–Crippen LogP) is 3.43. The summed E-state index contributed by atoms with van der Waals surface area (Å²) in [4.78, 5) is 27.7. The molecule has 5 nitrogen and oxygen atoms in total. The second-order valence-corrected chi connectivity index (χ2v) is 6.98. The van der Waals surface area contributed by atoms with Gasteiger partial charge in [0.05, 0.1) is 18.8 Å². The molecule has 25 heavy (non-hydrogen) atoms. The van der Waals surface area contributed by atoms with E-state index in [9.17, 15) is 9.59 Å². The Labute approximate surface area is 151 Å². The van der Waals surface area contributed by atoms with E-state index in [1.165, 1.54) is 4.88 Å². The maximum atomic E-state index is 12.4. The van der Waals surface area contributed by atoms with Gasteiger partial charge in [0.25, 0.3) is 11.8 Å². The summed E-state index contributed by atoms with van der Waals surface area (Å²) in [6.07, 6.45) is 2.07. The first-order chi connectivity index (χ1) is 12.2. The van der Waals surface area contributed by atoms with Gasteiger partial charge in [-0.3, -0.25) is 9.59 Å². The molecule has 1 aliphatic heterocycles. The molecule has 0 bridgehead atoms. The molecule has 1 fully saturated rings. The number of hydrogen-bond acceptors (Lipinski definition) is 4. The summed E-state index contributed by atoms with van der Waals surface area (Å²) >= 11 is 1.61. The number of carbonyl (C=O) groups is 2. The van der Waals surface area contributed by atoms with Gasteiger partial charge in [-0.15, -0.1) is 11.3 Å². The number of hydrogen-bond donors (Lipinski definition) is 1. The molecule has 3 rings (SSSR count). The molecular weight excluding hydrogens is 336 g/mol. The number of benzene rings is 1. The number of anilines is 1. The lowest BCUT2D eigenvalue weighted by Crippen LogP contribution is -2.40. The predicted molar refractivity (Wildman–Crippen MR) is 99.4 cm³/mol. The molecule has 0 aliphatic carbocycles. The minimum absolute atomic E-state index is 0.00298. The largest absolute Gasteiger partial charge is 0.378 e. The monoisotopic (exact) mass is 358 g/mol. The van der Waals surface area contributed by atoms with Crippen LogP contribution < -0.4 is 5.32 Å². The molecule has 1 aliphatic rings. The van der Waals surface area contributed by atoms with Gasteiger partial charge in [0.15, 0.2) is 0 Å². The van der Waals surface area contributed by atoms with Crippen LogP contribution in [0.3, 0.4) is 0 Å². The van der Waals surface area contributed by atoms with Crippen LogP contribution in [0.4, 0.5) is 5.69 Å². The Kier molecular flexibility index (Phi) is 5.83. The summed E-state index contributed by atoms with van der Waals surface area (Å²) in [7, 11) is 0. The molecule has 1 aromatic carbocycles. The molecule has 0 spiro atoms. The van der Waals surface area contributed by atoms with Gasteiger partial charge >= 0.3 is 0 Å². The lowest BCUT2D eigenvalue weighted by molar-refractivity contribution is 0.0303. The second-order valence-electron chi connectivity index (χ2n) is 5.99. The maximum Gasteiger partial charge on any atom is 0.256 e. The van der Waals surface area contributed by atoms with E-state index in [4.69, 9.17) is 4.74 Å². The van der Waals surface area contributed by atoms with Gasteiger partial charge in [0.1, 0.15) is 0 Å². The number of rotatable bonds is 5. The van der Waals surface area contributed by atoms with Crippen LogP contribution in [0.1, 0.15) is 38.9 Å². The van der Waals surface area contributed by atoms with Crippen LogP contribution in [-0.4, -0.2) is 43.0 Å². The zero-order chi connectivity index (χ0) is 17.6. The molecule has 0 atom stereocenters. The lowest BCUT2D eigenvalue weighted by Gasteiger charge is -2.26. The summed E-state index contributed by atoms with van der Waals surface area (Å²) in [6.45, 7) is 4.53. The zero-order valence-electron chi connectivity index (χ0n) is 14.3. The second kappa shape index (κ2) is 8.27. The van der Waals surface area contributed by atoms with Crippen molar-refractivity contribution in [3.63, 3.8) is 0 Å².